The molecule has 0 radical (unpaired) electrons. The maximum atomic E-state index is 13.3. The van der Waals surface area contributed by atoms with E-state index >= 15 is 0 Å². The average Bonchev–Trinajstić information content (AvgIpc) is 3.29. The third kappa shape index (κ3) is 5.29. The number of likely N-dealkylation sites (tertiary alicyclic amines) is 1. The van der Waals surface area contributed by atoms with E-state index in [-0.39, 0.29) is 17.8 Å². The highest BCUT2D eigenvalue weighted by Gasteiger charge is 2.35. The Morgan fingerprint density at radius 1 is 1.13 bits per heavy atom. The molecule has 6 nitrogen and oxygen atoms in total. The van der Waals surface area contributed by atoms with Gasteiger partial charge in [0.1, 0.15) is 24.2 Å². The van der Waals surface area contributed by atoms with Gasteiger partial charge in [-0.3, -0.25) is 4.90 Å². The van der Waals surface area contributed by atoms with Crippen molar-refractivity contribution in [1.82, 2.24) is 19.7 Å². The normalized spacial score (nSPS) is 19.5. The Labute approximate surface area is 182 Å². The van der Waals surface area contributed by atoms with E-state index in [1.807, 2.05) is 18.2 Å². The first-order valence-electron chi connectivity index (χ1n) is 10.6. The number of nitrogens with zero attached hydrogens (tertiary/aromatic N) is 4. The molecule has 164 valence electrons. The minimum Gasteiger partial charge on any atom is -0.496 e. The first-order valence-corrected chi connectivity index (χ1v) is 10.6. The van der Waals surface area contributed by atoms with E-state index in [4.69, 9.17) is 4.74 Å². The van der Waals surface area contributed by atoms with Crippen LogP contribution in [0.5, 0.6) is 5.75 Å². The SMILES string of the molecule is COc1ccc(CN2CCC[C@@](CO)(Cc3ccc(F)cc3)C2)cc1Cn1cncn1. The summed E-state index contributed by atoms with van der Waals surface area (Å²) in [6.45, 7) is 3.34. The van der Waals surface area contributed by atoms with E-state index in [9.17, 15) is 9.50 Å². The van der Waals surface area contributed by atoms with E-state index < -0.39 is 0 Å². The number of hydrogen-bond acceptors (Lipinski definition) is 5. The van der Waals surface area contributed by atoms with Gasteiger partial charge < -0.3 is 9.84 Å². The maximum absolute atomic E-state index is 13.3. The van der Waals surface area contributed by atoms with Crippen LogP contribution < -0.4 is 4.74 Å². The van der Waals surface area contributed by atoms with E-state index in [0.717, 1.165) is 55.8 Å². The lowest BCUT2D eigenvalue weighted by Gasteiger charge is -2.42. The second-order valence-corrected chi connectivity index (χ2v) is 8.51. The van der Waals surface area contributed by atoms with Crippen LogP contribution in [0.4, 0.5) is 4.39 Å². The van der Waals surface area contributed by atoms with Gasteiger partial charge in [-0.25, -0.2) is 14.1 Å². The summed E-state index contributed by atoms with van der Waals surface area (Å²) in [6.07, 6.45) is 5.98. The Bertz CT molecular complexity index is 978. The molecular weight excluding hydrogens is 395 g/mol. The molecule has 0 spiro atoms. The van der Waals surface area contributed by atoms with Gasteiger partial charge in [0, 0.05) is 24.1 Å². The van der Waals surface area contributed by atoms with Crippen molar-refractivity contribution in [2.75, 3.05) is 26.8 Å². The molecule has 1 saturated heterocycles. The topological polar surface area (TPSA) is 63.4 Å². The van der Waals surface area contributed by atoms with Crippen molar-refractivity contribution >= 4 is 0 Å². The largest absolute Gasteiger partial charge is 0.496 e. The average molecular weight is 425 g/mol. The predicted octanol–water partition coefficient (Wildman–Crippen LogP) is 3.29. The number of benzene rings is 2. The number of piperidine rings is 1. The fraction of sp³-hybridized carbons (Fsp3) is 0.417. The third-order valence-corrected chi connectivity index (χ3v) is 6.12. The lowest BCUT2D eigenvalue weighted by atomic mass is 9.75. The second kappa shape index (κ2) is 9.58. The van der Waals surface area contributed by atoms with Gasteiger partial charge >= 0.3 is 0 Å². The summed E-state index contributed by atoms with van der Waals surface area (Å²) in [4.78, 5) is 6.42. The first-order chi connectivity index (χ1) is 15.1. The monoisotopic (exact) mass is 424 g/mol. The summed E-state index contributed by atoms with van der Waals surface area (Å²) in [5, 5.41) is 14.5. The molecule has 2 heterocycles. The molecule has 0 unspecified atom stereocenters. The van der Waals surface area contributed by atoms with Gasteiger partial charge in [0.05, 0.1) is 20.3 Å². The summed E-state index contributed by atoms with van der Waals surface area (Å²) in [5.41, 5.74) is 3.12. The van der Waals surface area contributed by atoms with Crippen molar-refractivity contribution in [3.63, 3.8) is 0 Å². The molecule has 0 saturated carbocycles. The molecule has 2 aromatic carbocycles. The van der Waals surface area contributed by atoms with Gasteiger partial charge in [-0.15, -0.1) is 0 Å². The Morgan fingerprint density at radius 2 is 1.94 bits per heavy atom. The molecule has 0 bridgehead atoms. The number of halogens is 1. The van der Waals surface area contributed by atoms with E-state index in [1.165, 1.54) is 24.0 Å². The summed E-state index contributed by atoms with van der Waals surface area (Å²) in [7, 11) is 1.68. The first kappa shape index (κ1) is 21.5. The molecule has 1 aliphatic heterocycles. The van der Waals surface area contributed by atoms with Crippen LogP contribution in [-0.2, 0) is 19.5 Å². The Hall–Kier alpha value is -2.77. The van der Waals surface area contributed by atoms with Crippen molar-refractivity contribution in [3.8, 4) is 5.75 Å². The number of hydrogen-bond donors (Lipinski definition) is 1. The van der Waals surface area contributed by atoms with Crippen LogP contribution in [0.1, 0.15) is 29.5 Å². The highest BCUT2D eigenvalue weighted by atomic mass is 19.1. The molecule has 1 fully saturated rings. The summed E-state index contributed by atoms with van der Waals surface area (Å²) < 4.78 is 20.6. The highest BCUT2D eigenvalue weighted by Crippen LogP contribution is 2.34. The maximum Gasteiger partial charge on any atom is 0.137 e. The molecule has 1 aliphatic rings. The quantitative estimate of drug-likeness (QED) is 0.601. The van der Waals surface area contributed by atoms with E-state index in [1.54, 1.807) is 18.1 Å². The van der Waals surface area contributed by atoms with Crippen LogP contribution in [-0.4, -0.2) is 51.6 Å². The number of aliphatic hydroxyl groups is 1. The zero-order valence-electron chi connectivity index (χ0n) is 17.9. The number of aliphatic hydroxyl groups excluding tert-OH is 1. The smallest absolute Gasteiger partial charge is 0.137 e. The molecule has 31 heavy (non-hydrogen) atoms. The lowest BCUT2D eigenvalue weighted by Crippen LogP contribution is -2.46. The fourth-order valence-corrected chi connectivity index (χ4v) is 4.61. The van der Waals surface area contributed by atoms with Gasteiger partial charge in [-0.1, -0.05) is 18.2 Å². The van der Waals surface area contributed by atoms with Crippen LogP contribution in [0.2, 0.25) is 0 Å². The van der Waals surface area contributed by atoms with Crippen molar-refractivity contribution in [2.24, 2.45) is 5.41 Å². The van der Waals surface area contributed by atoms with Gasteiger partial charge in [0.15, 0.2) is 0 Å². The second-order valence-electron chi connectivity index (χ2n) is 8.51. The zero-order valence-corrected chi connectivity index (χ0v) is 17.9. The minimum atomic E-state index is -0.228. The van der Waals surface area contributed by atoms with E-state index in [0.29, 0.717) is 6.54 Å². The standard InChI is InChI=1S/C24H29FN4O2/c1-31-23-8-5-20(11-21(23)14-29-18-26-17-27-29)13-28-10-2-9-24(15-28,16-30)12-19-3-6-22(25)7-4-19/h3-8,11,17-18,30H,2,9-10,12-16H2,1H3/t24-/m1/s1. The Kier molecular flexibility index (Phi) is 6.63. The highest BCUT2D eigenvalue weighted by molar-refractivity contribution is 5.37. The van der Waals surface area contributed by atoms with Gasteiger partial charge in [-0.2, -0.15) is 5.10 Å². The molecule has 1 atom stereocenters. The molecule has 4 rings (SSSR count). The zero-order chi connectivity index (χ0) is 21.7. The van der Waals surface area contributed by atoms with Crippen LogP contribution in [0, 0.1) is 11.2 Å². The van der Waals surface area contributed by atoms with Gasteiger partial charge in [-0.05, 0) is 61.2 Å². The lowest BCUT2D eigenvalue weighted by molar-refractivity contribution is 0.0288. The van der Waals surface area contributed by atoms with Crippen LogP contribution in [0.3, 0.4) is 0 Å². The molecule has 3 aromatic rings. The van der Waals surface area contributed by atoms with Crippen molar-refractivity contribution in [3.05, 3.63) is 77.6 Å². The van der Waals surface area contributed by atoms with Crippen LogP contribution in [0.25, 0.3) is 0 Å². The number of rotatable bonds is 8. The Balaban J connectivity index is 1.47. The van der Waals surface area contributed by atoms with E-state index in [2.05, 4.69) is 27.1 Å². The minimum absolute atomic E-state index is 0.126. The number of methoxy groups -OCH3 is 1. The molecular formula is C24H29FN4O2. The molecule has 1 N–H and O–H groups in total. The predicted molar refractivity (Wildman–Crippen MR) is 116 cm³/mol. The van der Waals surface area contributed by atoms with Crippen molar-refractivity contribution < 1.29 is 14.2 Å². The van der Waals surface area contributed by atoms with Gasteiger partial charge in [0.2, 0.25) is 0 Å². The third-order valence-electron chi connectivity index (χ3n) is 6.12. The summed E-state index contributed by atoms with van der Waals surface area (Å²) in [6, 6.07) is 12.9. The number of aromatic nitrogens is 3. The Morgan fingerprint density at radius 3 is 2.65 bits per heavy atom. The summed E-state index contributed by atoms with van der Waals surface area (Å²) >= 11 is 0. The van der Waals surface area contributed by atoms with Crippen molar-refractivity contribution in [1.29, 1.82) is 0 Å². The molecule has 1 aromatic heterocycles. The van der Waals surface area contributed by atoms with Crippen molar-refractivity contribution in [2.45, 2.75) is 32.4 Å². The summed E-state index contributed by atoms with van der Waals surface area (Å²) in [5.74, 6) is 0.604. The van der Waals surface area contributed by atoms with Gasteiger partial charge in [0.25, 0.3) is 0 Å². The molecule has 0 amide bonds. The molecule has 7 heteroatoms. The number of ether oxygens (including phenoxy) is 1. The molecule has 0 aliphatic carbocycles. The van der Waals surface area contributed by atoms with Crippen LogP contribution >= 0.6 is 0 Å². The van der Waals surface area contributed by atoms with Crippen LogP contribution in [0.15, 0.2) is 55.1 Å². The fourth-order valence-electron chi connectivity index (χ4n) is 4.61.